The molecule has 0 bridgehead atoms. The molecule has 0 aromatic carbocycles. The van der Waals surface area contributed by atoms with Crippen LogP contribution in [0.5, 0.6) is 0 Å². The summed E-state index contributed by atoms with van der Waals surface area (Å²) in [5.74, 6) is -0.583. The summed E-state index contributed by atoms with van der Waals surface area (Å²) in [5, 5.41) is 10.8. The van der Waals surface area contributed by atoms with Gasteiger partial charge in [0.2, 0.25) is 0 Å². The maximum absolute atomic E-state index is 11.6. The number of esters is 1. The van der Waals surface area contributed by atoms with Crippen LogP contribution in [0.2, 0.25) is 0 Å². The first-order valence-electron chi connectivity index (χ1n) is 5.91. The van der Waals surface area contributed by atoms with Crippen LogP contribution in [0.3, 0.4) is 0 Å². The molecular formula is C12H16N2O5. The molecule has 1 aromatic rings. The number of rotatable bonds is 5. The molecule has 0 radical (unpaired) electrons. The van der Waals surface area contributed by atoms with Gasteiger partial charge in [-0.05, 0) is 20.3 Å². The number of hydrogen-bond donors (Lipinski definition) is 0. The highest BCUT2D eigenvalue weighted by Gasteiger charge is 2.17. The Kier molecular flexibility index (Phi) is 4.80. The Bertz CT molecular complexity index is 550. The van der Waals surface area contributed by atoms with Crippen LogP contribution in [-0.4, -0.2) is 21.6 Å². The number of nitro groups is 1. The van der Waals surface area contributed by atoms with Crippen LogP contribution in [0, 0.1) is 17.0 Å². The molecule has 1 heterocycles. The topological polar surface area (TPSA) is 91.4 Å². The van der Waals surface area contributed by atoms with Gasteiger partial charge in [-0.2, -0.15) is 0 Å². The van der Waals surface area contributed by atoms with Gasteiger partial charge < -0.3 is 4.74 Å². The third-order valence-electron chi connectivity index (χ3n) is 2.82. The minimum atomic E-state index is -0.592. The summed E-state index contributed by atoms with van der Waals surface area (Å²) in [6.07, 6.45) is 0.413. The molecule has 1 rings (SSSR count). The van der Waals surface area contributed by atoms with Crippen molar-refractivity contribution in [1.82, 2.24) is 4.57 Å². The summed E-state index contributed by atoms with van der Waals surface area (Å²) < 4.78 is 6.09. The van der Waals surface area contributed by atoms with E-state index in [1.54, 1.807) is 6.92 Å². The zero-order valence-corrected chi connectivity index (χ0v) is 11.1. The van der Waals surface area contributed by atoms with Gasteiger partial charge in [0, 0.05) is 12.1 Å². The highest BCUT2D eigenvalue weighted by atomic mass is 16.6. The van der Waals surface area contributed by atoms with Crippen molar-refractivity contribution < 1.29 is 14.5 Å². The Labute approximate surface area is 110 Å². The van der Waals surface area contributed by atoms with Crippen LogP contribution < -0.4 is 5.56 Å². The second kappa shape index (κ2) is 6.12. The lowest BCUT2D eigenvalue weighted by atomic mass is 10.3. The van der Waals surface area contributed by atoms with Crippen LogP contribution in [0.1, 0.15) is 26.0 Å². The third-order valence-corrected chi connectivity index (χ3v) is 2.82. The molecule has 0 aliphatic rings. The minimum Gasteiger partial charge on any atom is -0.461 e. The fraction of sp³-hybridized carbons (Fsp3) is 0.500. The van der Waals surface area contributed by atoms with Gasteiger partial charge in [-0.3, -0.25) is 24.3 Å². The summed E-state index contributed by atoms with van der Waals surface area (Å²) in [6, 6.07) is 2.20. The van der Waals surface area contributed by atoms with E-state index in [2.05, 4.69) is 0 Å². The molecule has 7 heteroatoms. The normalized spacial score (nSPS) is 11.9. The molecule has 0 fully saturated rings. The van der Waals surface area contributed by atoms with Gasteiger partial charge in [0.15, 0.2) is 0 Å². The summed E-state index contributed by atoms with van der Waals surface area (Å²) in [5.41, 5.74) is -0.529. The van der Waals surface area contributed by atoms with E-state index in [0.29, 0.717) is 6.42 Å². The average Bonchev–Trinajstić information content (AvgIpc) is 2.33. The molecule has 0 spiro atoms. The zero-order valence-electron chi connectivity index (χ0n) is 11.1. The first-order chi connectivity index (χ1) is 8.86. The van der Waals surface area contributed by atoms with Crippen LogP contribution in [-0.2, 0) is 16.1 Å². The molecule has 0 saturated carbocycles. The lowest BCUT2D eigenvalue weighted by Crippen LogP contribution is -2.28. The van der Waals surface area contributed by atoms with Crippen molar-refractivity contribution in [3.05, 3.63) is 38.3 Å². The molecular weight excluding hydrogens is 252 g/mol. The van der Waals surface area contributed by atoms with Gasteiger partial charge in [0.25, 0.3) is 11.2 Å². The Hall–Kier alpha value is -2.18. The molecule has 1 unspecified atom stereocenters. The fourth-order valence-corrected chi connectivity index (χ4v) is 1.53. The summed E-state index contributed by atoms with van der Waals surface area (Å²) in [4.78, 5) is 33.4. The maximum Gasteiger partial charge on any atom is 0.326 e. The largest absolute Gasteiger partial charge is 0.461 e. The number of hydrogen-bond acceptors (Lipinski definition) is 5. The highest BCUT2D eigenvalue weighted by Crippen LogP contribution is 2.14. The molecule has 0 aliphatic carbocycles. The second-order valence-electron chi connectivity index (χ2n) is 4.19. The number of nitrogens with zero attached hydrogens (tertiary/aromatic N) is 2. The molecule has 0 aliphatic heterocycles. The highest BCUT2D eigenvalue weighted by molar-refractivity contribution is 5.69. The van der Waals surface area contributed by atoms with Crippen molar-refractivity contribution in [2.45, 2.75) is 39.8 Å². The quantitative estimate of drug-likeness (QED) is 0.457. The Morgan fingerprint density at radius 3 is 2.68 bits per heavy atom. The number of aromatic nitrogens is 1. The van der Waals surface area contributed by atoms with E-state index in [1.807, 2.05) is 6.92 Å². The predicted octanol–water partition coefficient (Wildman–Crippen LogP) is 1.41. The van der Waals surface area contributed by atoms with E-state index in [4.69, 9.17) is 4.74 Å². The molecule has 1 aromatic heterocycles. The summed E-state index contributed by atoms with van der Waals surface area (Å²) in [7, 11) is 0. The number of ether oxygens (including phenoxy) is 1. The lowest BCUT2D eigenvalue weighted by molar-refractivity contribution is -0.386. The van der Waals surface area contributed by atoms with Gasteiger partial charge in [-0.15, -0.1) is 0 Å². The van der Waals surface area contributed by atoms with Crippen LogP contribution in [0.4, 0.5) is 5.69 Å². The molecule has 19 heavy (non-hydrogen) atoms. The Balaban J connectivity index is 3.01. The molecule has 0 saturated heterocycles. The molecule has 0 amide bonds. The van der Waals surface area contributed by atoms with E-state index in [-0.39, 0.29) is 24.0 Å². The van der Waals surface area contributed by atoms with Crippen molar-refractivity contribution in [2.24, 2.45) is 0 Å². The van der Waals surface area contributed by atoms with Gasteiger partial charge in [0.1, 0.15) is 6.54 Å². The third kappa shape index (κ3) is 3.64. The van der Waals surface area contributed by atoms with E-state index in [0.717, 1.165) is 16.7 Å². The van der Waals surface area contributed by atoms with Crippen LogP contribution in [0.25, 0.3) is 0 Å². The SMILES string of the molecule is CCC(C)OC(=O)Cn1c(C)c([N+](=O)[O-])ccc1=O. The maximum atomic E-state index is 11.6. The van der Waals surface area contributed by atoms with Gasteiger partial charge in [-0.1, -0.05) is 6.92 Å². The first-order valence-corrected chi connectivity index (χ1v) is 5.91. The number of carbonyl (C=O) groups is 1. The van der Waals surface area contributed by atoms with Gasteiger partial charge in [0.05, 0.1) is 16.7 Å². The molecule has 0 N–H and O–H groups in total. The smallest absolute Gasteiger partial charge is 0.326 e. The van der Waals surface area contributed by atoms with E-state index < -0.39 is 16.5 Å². The second-order valence-corrected chi connectivity index (χ2v) is 4.19. The van der Waals surface area contributed by atoms with Crippen molar-refractivity contribution in [2.75, 3.05) is 0 Å². The average molecular weight is 268 g/mol. The zero-order chi connectivity index (χ0) is 14.6. The number of pyridine rings is 1. The van der Waals surface area contributed by atoms with Crippen molar-refractivity contribution in [3.8, 4) is 0 Å². The van der Waals surface area contributed by atoms with Crippen molar-refractivity contribution >= 4 is 11.7 Å². The summed E-state index contributed by atoms with van der Waals surface area (Å²) in [6.45, 7) is 4.70. The van der Waals surface area contributed by atoms with Crippen molar-refractivity contribution in [3.63, 3.8) is 0 Å². The van der Waals surface area contributed by atoms with E-state index in [1.165, 1.54) is 6.92 Å². The number of carbonyl (C=O) groups excluding carboxylic acids is 1. The van der Waals surface area contributed by atoms with Crippen LogP contribution in [0.15, 0.2) is 16.9 Å². The van der Waals surface area contributed by atoms with Gasteiger partial charge >= 0.3 is 5.97 Å². The van der Waals surface area contributed by atoms with Gasteiger partial charge in [-0.25, -0.2) is 0 Å². The van der Waals surface area contributed by atoms with Crippen molar-refractivity contribution in [1.29, 1.82) is 0 Å². The predicted molar refractivity (Wildman–Crippen MR) is 67.9 cm³/mol. The minimum absolute atomic E-state index is 0.138. The molecule has 7 nitrogen and oxygen atoms in total. The standard InChI is InChI=1S/C12H16N2O5/c1-4-8(2)19-12(16)7-13-9(3)10(14(17)18)5-6-11(13)15/h5-6,8H,4,7H2,1-3H3. The monoisotopic (exact) mass is 268 g/mol. The molecule has 1 atom stereocenters. The Morgan fingerprint density at radius 1 is 1.53 bits per heavy atom. The Morgan fingerprint density at radius 2 is 2.16 bits per heavy atom. The lowest BCUT2D eigenvalue weighted by Gasteiger charge is -2.13. The fourth-order valence-electron chi connectivity index (χ4n) is 1.53. The van der Waals surface area contributed by atoms with Crippen LogP contribution >= 0.6 is 0 Å². The van der Waals surface area contributed by atoms with E-state index >= 15 is 0 Å². The first kappa shape index (κ1) is 14.9. The van der Waals surface area contributed by atoms with E-state index in [9.17, 15) is 19.7 Å². The molecule has 104 valence electrons. The summed E-state index contributed by atoms with van der Waals surface area (Å²) >= 11 is 0.